The van der Waals surface area contributed by atoms with E-state index in [1.54, 1.807) is 4.90 Å². The number of nitrogens with one attached hydrogen (secondary N) is 1. The molecule has 1 unspecified atom stereocenters. The lowest BCUT2D eigenvalue weighted by Gasteiger charge is -2.21. The van der Waals surface area contributed by atoms with Crippen LogP contribution in [0.15, 0.2) is 0 Å². The molecule has 1 atom stereocenters. The van der Waals surface area contributed by atoms with Crippen LogP contribution in [0.3, 0.4) is 0 Å². The van der Waals surface area contributed by atoms with Crippen molar-refractivity contribution in [2.24, 2.45) is 0 Å². The zero-order valence-corrected chi connectivity index (χ0v) is 7.90. The van der Waals surface area contributed by atoms with Gasteiger partial charge in [0.1, 0.15) is 6.04 Å². The van der Waals surface area contributed by atoms with Gasteiger partial charge in [0.2, 0.25) is 0 Å². The van der Waals surface area contributed by atoms with E-state index < -0.39 is 12.0 Å². The van der Waals surface area contributed by atoms with E-state index in [0.717, 1.165) is 25.7 Å². The number of nitrogens with zero attached hydrogens (tertiary/aromatic N) is 1. The topological polar surface area (TPSA) is 69.6 Å². The number of urea groups is 1. The molecule has 0 bridgehead atoms. The van der Waals surface area contributed by atoms with Gasteiger partial charge in [-0.05, 0) is 12.8 Å². The normalized spacial score (nSPS) is 28.1. The Morgan fingerprint density at radius 1 is 1.43 bits per heavy atom. The summed E-state index contributed by atoms with van der Waals surface area (Å²) in [6.07, 6.45) is 4.32. The van der Waals surface area contributed by atoms with Gasteiger partial charge in [0.25, 0.3) is 0 Å². The highest BCUT2D eigenvalue weighted by molar-refractivity contribution is 5.86. The molecule has 5 heteroatoms. The molecule has 2 N–H and O–H groups in total. The smallest absolute Gasteiger partial charge is 0.328 e. The van der Waals surface area contributed by atoms with Gasteiger partial charge in [0.15, 0.2) is 0 Å². The van der Waals surface area contributed by atoms with Crippen LogP contribution < -0.4 is 5.32 Å². The number of rotatable bonds is 2. The molecule has 0 spiro atoms. The van der Waals surface area contributed by atoms with E-state index in [-0.39, 0.29) is 12.1 Å². The fraction of sp³-hybridized carbons (Fsp3) is 0.778. The van der Waals surface area contributed by atoms with Crippen LogP contribution in [-0.2, 0) is 4.79 Å². The highest BCUT2D eigenvalue weighted by atomic mass is 16.4. The van der Waals surface area contributed by atoms with Crippen LogP contribution in [0.4, 0.5) is 4.79 Å². The number of carboxylic acid groups (broad SMARTS) is 1. The first-order valence-electron chi connectivity index (χ1n) is 4.98. The van der Waals surface area contributed by atoms with Gasteiger partial charge in [-0.15, -0.1) is 0 Å². The van der Waals surface area contributed by atoms with Crippen molar-refractivity contribution in [3.05, 3.63) is 0 Å². The number of amides is 2. The lowest BCUT2D eigenvalue weighted by Crippen LogP contribution is -2.36. The third kappa shape index (κ3) is 1.54. The quantitative estimate of drug-likeness (QED) is 0.675. The Morgan fingerprint density at radius 2 is 2.07 bits per heavy atom. The second-order valence-corrected chi connectivity index (χ2v) is 3.93. The van der Waals surface area contributed by atoms with Crippen molar-refractivity contribution in [2.75, 3.05) is 6.54 Å². The molecule has 2 fully saturated rings. The molecule has 0 aromatic heterocycles. The minimum Gasteiger partial charge on any atom is -0.480 e. The van der Waals surface area contributed by atoms with E-state index in [9.17, 15) is 9.59 Å². The van der Waals surface area contributed by atoms with E-state index in [4.69, 9.17) is 5.11 Å². The SMILES string of the molecule is O=C(O)C1CN(C2CCCC2)C(=O)N1. The molecule has 1 saturated carbocycles. The number of hydrogen-bond acceptors (Lipinski definition) is 2. The van der Waals surface area contributed by atoms with Gasteiger partial charge in [0.05, 0.1) is 6.54 Å². The maximum Gasteiger partial charge on any atom is 0.328 e. The molecule has 0 radical (unpaired) electrons. The first kappa shape index (κ1) is 9.30. The molecule has 78 valence electrons. The lowest BCUT2D eigenvalue weighted by atomic mass is 10.2. The summed E-state index contributed by atoms with van der Waals surface area (Å²) in [6, 6.07) is -0.674. The molecule has 5 nitrogen and oxygen atoms in total. The summed E-state index contributed by atoms with van der Waals surface area (Å²) in [6.45, 7) is 0.318. The van der Waals surface area contributed by atoms with Crippen LogP contribution in [0, 0.1) is 0 Å². The molecule has 2 aliphatic rings. The molecule has 14 heavy (non-hydrogen) atoms. The Morgan fingerprint density at radius 3 is 2.57 bits per heavy atom. The van der Waals surface area contributed by atoms with Gasteiger partial charge in [-0.3, -0.25) is 0 Å². The predicted molar refractivity (Wildman–Crippen MR) is 48.9 cm³/mol. The van der Waals surface area contributed by atoms with Crippen molar-refractivity contribution in [1.29, 1.82) is 0 Å². The largest absolute Gasteiger partial charge is 0.480 e. The monoisotopic (exact) mass is 198 g/mol. The summed E-state index contributed by atoms with van der Waals surface area (Å²) in [5.74, 6) is -0.946. The van der Waals surface area contributed by atoms with Crippen molar-refractivity contribution in [3.63, 3.8) is 0 Å². The van der Waals surface area contributed by atoms with Crippen LogP contribution in [0.2, 0.25) is 0 Å². The molecule has 1 heterocycles. The molecule has 2 amide bonds. The number of carboxylic acids is 1. The standard InChI is InChI=1S/C9H14N2O3/c12-8(13)7-5-11(9(14)10-7)6-3-1-2-4-6/h6-7H,1-5H2,(H,10,14)(H,12,13). The highest BCUT2D eigenvalue weighted by Crippen LogP contribution is 2.25. The van der Waals surface area contributed by atoms with Crippen LogP contribution >= 0.6 is 0 Å². The first-order chi connectivity index (χ1) is 6.68. The number of carbonyl (C=O) groups is 2. The van der Waals surface area contributed by atoms with E-state index in [2.05, 4.69) is 5.32 Å². The molecule has 2 rings (SSSR count). The van der Waals surface area contributed by atoms with Crippen molar-refractivity contribution in [3.8, 4) is 0 Å². The van der Waals surface area contributed by atoms with Crippen LogP contribution in [-0.4, -0.2) is 40.6 Å². The van der Waals surface area contributed by atoms with Gasteiger partial charge in [-0.2, -0.15) is 0 Å². The Kier molecular flexibility index (Phi) is 2.31. The molecule has 1 aliphatic carbocycles. The first-order valence-corrected chi connectivity index (χ1v) is 4.98. The van der Waals surface area contributed by atoms with Crippen molar-refractivity contribution >= 4 is 12.0 Å². The number of hydrogen-bond donors (Lipinski definition) is 2. The molecule has 0 aromatic carbocycles. The third-order valence-electron chi connectivity index (χ3n) is 3.00. The molecule has 1 saturated heterocycles. The van der Waals surface area contributed by atoms with Gasteiger partial charge in [-0.1, -0.05) is 12.8 Å². The van der Waals surface area contributed by atoms with Crippen LogP contribution in [0.5, 0.6) is 0 Å². The van der Waals surface area contributed by atoms with Crippen LogP contribution in [0.25, 0.3) is 0 Å². The minimum absolute atomic E-state index is 0.218. The van der Waals surface area contributed by atoms with Crippen LogP contribution in [0.1, 0.15) is 25.7 Å². The Balaban J connectivity index is 2.00. The average Bonchev–Trinajstić information content (AvgIpc) is 2.71. The number of carbonyl (C=O) groups excluding carboxylic acids is 1. The fourth-order valence-corrected chi connectivity index (χ4v) is 2.23. The minimum atomic E-state index is -0.946. The van der Waals surface area contributed by atoms with Gasteiger partial charge in [0, 0.05) is 6.04 Å². The second-order valence-electron chi connectivity index (χ2n) is 3.93. The summed E-state index contributed by atoms with van der Waals surface area (Å²) < 4.78 is 0. The summed E-state index contributed by atoms with van der Waals surface area (Å²) in [5.41, 5.74) is 0. The van der Waals surface area contributed by atoms with Crippen molar-refractivity contribution in [1.82, 2.24) is 10.2 Å². The average molecular weight is 198 g/mol. The Bertz CT molecular complexity index is 261. The molecular formula is C9H14N2O3. The fourth-order valence-electron chi connectivity index (χ4n) is 2.23. The zero-order chi connectivity index (χ0) is 10.1. The molecular weight excluding hydrogens is 184 g/mol. The van der Waals surface area contributed by atoms with Gasteiger partial charge < -0.3 is 15.3 Å². The lowest BCUT2D eigenvalue weighted by molar-refractivity contribution is -0.138. The van der Waals surface area contributed by atoms with Crippen molar-refractivity contribution < 1.29 is 14.7 Å². The van der Waals surface area contributed by atoms with E-state index in [1.165, 1.54) is 0 Å². The maximum absolute atomic E-state index is 11.4. The summed E-state index contributed by atoms with van der Waals surface area (Å²) in [5, 5.41) is 11.2. The van der Waals surface area contributed by atoms with E-state index >= 15 is 0 Å². The van der Waals surface area contributed by atoms with Gasteiger partial charge >= 0.3 is 12.0 Å². The summed E-state index contributed by atoms with van der Waals surface area (Å²) in [4.78, 5) is 23.8. The zero-order valence-electron chi connectivity index (χ0n) is 7.90. The Labute approximate surface area is 82.1 Å². The van der Waals surface area contributed by atoms with E-state index in [0.29, 0.717) is 6.54 Å². The van der Waals surface area contributed by atoms with Crippen molar-refractivity contribution in [2.45, 2.75) is 37.8 Å². The molecule has 1 aliphatic heterocycles. The Hall–Kier alpha value is -1.26. The predicted octanol–water partition coefficient (Wildman–Crippen LogP) is 0.407. The summed E-state index contributed by atoms with van der Waals surface area (Å²) in [7, 11) is 0. The van der Waals surface area contributed by atoms with E-state index in [1.807, 2.05) is 0 Å². The number of aliphatic carboxylic acids is 1. The highest BCUT2D eigenvalue weighted by Gasteiger charge is 2.37. The van der Waals surface area contributed by atoms with Gasteiger partial charge in [-0.25, -0.2) is 9.59 Å². The maximum atomic E-state index is 11.4. The second kappa shape index (κ2) is 3.48. The third-order valence-corrected chi connectivity index (χ3v) is 3.00. The summed E-state index contributed by atoms with van der Waals surface area (Å²) >= 11 is 0. The molecule has 0 aromatic rings.